The van der Waals surface area contributed by atoms with E-state index >= 15 is 0 Å². The van der Waals surface area contributed by atoms with Gasteiger partial charge in [0, 0.05) is 4.47 Å². The fourth-order valence-corrected chi connectivity index (χ4v) is 3.34. The van der Waals surface area contributed by atoms with Gasteiger partial charge in [0.05, 0.1) is 10.2 Å². The van der Waals surface area contributed by atoms with Crippen molar-refractivity contribution in [2.24, 2.45) is 5.14 Å². The molecule has 0 aliphatic heterocycles. The van der Waals surface area contributed by atoms with Crippen molar-refractivity contribution < 1.29 is 13.2 Å². The zero-order valence-electron chi connectivity index (χ0n) is 10.0. The van der Waals surface area contributed by atoms with E-state index < -0.39 is 10.0 Å². The van der Waals surface area contributed by atoms with Gasteiger partial charge in [0.2, 0.25) is 10.0 Å². The summed E-state index contributed by atoms with van der Waals surface area (Å²) in [5.41, 5.74) is 5.77. The molecule has 2 aromatic carbocycles. The van der Waals surface area contributed by atoms with E-state index in [1.807, 2.05) is 0 Å². The van der Waals surface area contributed by atoms with Gasteiger partial charge in [0.15, 0.2) is 5.75 Å². The van der Waals surface area contributed by atoms with Gasteiger partial charge in [-0.3, -0.25) is 0 Å². The third kappa shape index (κ3) is 3.32. The predicted octanol–water partition coefficient (Wildman–Crippen LogP) is 3.23. The maximum atomic E-state index is 11.4. The second-order valence-corrected chi connectivity index (χ2v) is 7.19. The second kappa shape index (κ2) is 5.72. The number of nitrogen functional groups attached to an aromatic ring is 1. The monoisotopic (exact) mass is 420 g/mol. The zero-order valence-corrected chi connectivity index (χ0v) is 14.0. The first kappa shape index (κ1) is 15.3. The van der Waals surface area contributed by atoms with E-state index in [4.69, 9.17) is 15.6 Å². The summed E-state index contributed by atoms with van der Waals surface area (Å²) in [7, 11) is -3.89. The Kier molecular flexibility index (Phi) is 4.38. The molecule has 0 aliphatic carbocycles. The summed E-state index contributed by atoms with van der Waals surface area (Å²) in [5, 5.41) is 5.09. The van der Waals surface area contributed by atoms with E-state index in [9.17, 15) is 8.42 Å². The molecule has 106 valence electrons. The number of benzene rings is 2. The number of hydrogen-bond donors (Lipinski definition) is 2. The van der Waals surface area contributed by atoms with Crippen molar-refractivity contribution >= 4 is 47.6 Å². The molecule has 0 unspecified atom stereocenters. The maximum absolute atomic E-state index is 11.4. The molecule has 0 bridgehead atoms. The van der Waals surface area contributed by atoms with Crippen LogP contribution in [0.25, 0.3) is 0 Å². The van der Waals surface area contributed by atoms with Gasteiger partial charge < -0.3 is 10.5 Å². The van der Waals surface area contributed by atoms with E-state index in [1.54, 1.807) is 24.3 Å². The molecule has 20 heavy (non-hydrogen) atoms. The van der Waals surface area contributed by atoms with Gasteiger partial charge in [0.25, 0.3) is 0 Å². The highest BCUT2D eigenvalue weighted by atomic mass is 79.9. The Bertz CT molecular complexity index is 763. The first-order valence-electron chi connectivity index (χ1n) is 5.33. The van der Waals surface area contributed by atoms with E-state index in [1.165, 1.54) is 12.1 Å². The van der Waals surface area contributed by atoms with Crippen LogP contribution in [0.4, 0.5) is 5.69 Å². The van der Waals surface area contributed by atoms with Crippen molar-refractivity contribution in [2.75, 3.05) is 5.73 Å². The Morgan fingerprint density at radius 1 is 1.05 bits per heavy atom. The fraction of sp³-hybridized carbons (Fsp3) is 0. The summed E-state index contributed by atoms with van der Waals surface area (Å²) in [5.74, 6) is 0.728. The molecule has 0 saturated carbocycles. The maximum Gasteiger partial charge on any atom is 0.240 e. The van der Waals surface area contributed by atoms with Crippen LogP contribution in [-0.4, -0.2) is 8.42 Å². The molecule has 0 fully saturated rings. The Balaban J connectivity index is 2.45. The Hall–Kier alpha value is -1.09. The minimum Gasteiger partial charge on any atom is -0.454 e. The zero-order chi connectivity index (χ0) is 14.9. The van der Waals surface area contributed by atoms with Gasteiger partial charge >= 0.3 is 0 Å². The lowest BCUT2D eigenvalue weighted by Crippen LogP contribution is -2.14. The van der Waals surface area contributed by atoms with Crippen molar-refractivity contribution in [1.29, 1.82) is 0 Å². The van der Waals surface area contributed by atoms with E-state index in [2.05, 4.69) is 31.9 Å². The summed E-state index contributed by atoms with van der Waals surface area (Å²) in [6.45, 7) is 0. The molecule has 0 saturated heterocycles. The van der Waals surface area contributed by atoms with Crippen molar-refractivity contribution in [3.05, 3.63) is 45.3 Å². The summed E-state index contributed by atoms with van der Waals surface area (Å²) >= 11 is 6.68. The lowest BCUT2D eigenvalue weighted by atomic mass is 10.3. The normalized spacial score (nSPS) is 11.3. The van der Waals surface area contributed by atoms with Crippen LogP contribution in [0.3, 0.4) is 0 Å². The molecule has 0 amide bonds. The number of primary sulfonamides is 1. The minimum absolute atomic E-state index is 0.0233. The van der Waals surface area contributed by atoms with Crippen LogP contribution < -0.4 is 15.6 Å². The first-order valence-corrected chi connectivity index (χ1v) is 8.46. The molecular weight excluding hydrogens is 412 g/mol. The summed E-state index contributed by atoms with van der Waals surface area (Å²) in [6, 6.07) is 9.72. The quantitative estimate of drug-likeness (QED) is 0.743. The number of nitrogens with two attached hydrogens (primary N) is 2. The van der Waals surface area contributed by atoms with Crippen LogP contribution in [0.2, 0.25) is 0 Å². The van der Waals surface area contributed by atoms with Gasteiger partial charge in [-0.05, 0) is 46.3 Å². The summed E-state index contributed by atoms with van der Waals surface area (Å²) < 4.78 is 30.0. The number of anilines is 1. The highest BCUT2D eigenvalue weighted by Gasteiger charge is 2.16. The third-order valence-corrected chi connectivity index (χ3v) is 4.53. The van der Waals surface area contributed by atoms with Gasteiger partial charge in [-0.1, -0.05) is 22.0 Å². The molecular formula is C12H10Br2N2O3S. The molecule has 0 aromatic heterocycles. The molecule has 0 spiro atoms. The average Bonchev–Trinajstić information content (AvgIpc) is 2.33. The molecule has 0 aliphatic rings. The Morgan fingerprint density at radius 3 is 2.35 bits per heavy atom. The Labute approximate surface area is 133 Å². The number of halogens is 2. The number of para-hydroxylation sites is 1. The van der Waals surface area contributed by atoms with E-state index in [0.717, 1.165) is 4.47 Å². The number of ether oxygens (including phenoxy) is 1. The molecule has 8 heteroatoms. The van der Waals surface area contributed by atoms with Crippen LogP contribution in [0.1, 0.15) is 0 Å². The predicted molar refractivity (Wildman–Crippen MR) is 84.1 cm³/mol. The highest BCUT2D eigenvalue weighted by Crippen LogP contribution is 2.36. The van der Waals surface area contributed by atoms with Gasteiger partial charge in [-0.25, -0.2) is 13.6 Å². The molecule has 2 rings (SSSR count). The van der Waals surface area contributed by atoms with Crippen LogP contribution in [0, 0.1) is 0 Å². The van der Waals surface area contributed by atoms with Gasteiger partial charge in [0.1, 0.15) is 10.6 Å². The summed E-state index contributed by atoms with van der Waals surface area (Å²) in [4.78, 5) is -0.164. The molecule has 4 N–H and O–H groups in total. The van der Waals surface area contributed by atoms with Crippen molar-refractivity contribution in [2.45, 2.75) is 4.90 Å². The van der Waals surface area contributed by atoms with Crippen LogP contribution in [0.15, 0.2) is 50.2 Å². The van der Waals surface area contributed by atoms with Crippen LogP contribution in [0.5, 0.6) is 11.5 Å². The van der Waals surface area contributed by atoms with Crippen molar-refractivity contribution in [3.8, 4) is 11.5 Å². The standard InChI is InChI=1S/C12H10Br2N2O3S/c13-7-4-5-9(8(14)6-7)19-10-2-1-3-11(12(10)15)20(16,17)18/h1-6H,15H2,(H2,16,17,18). The Morgan fingerprint density at radius 2 is 1.75 bits per heavy atom. The SMILES string of the molecule is Nc1c(Oc2ccc(Br)cc2Br)cccc1S(N)(=O)=O. The number of sulfonamides is 1. The second-order valence-electron chi connectivity index (χ2n) is 3.89. The van der Waals surface area contributed by atoms with Crippen molar-refractivity contribution in [3.63, 3.8) is 0 Å². The molecule has 0 radical (unpaired) electrons. The molecule has 5 nitrogen and oxygen atoms in total. The average molecular weight is 422 g/mol. The highest BCUT2D eigenvalue weighted by molar-refractivity contribution is 9.11. The number of rotatable bonds is 3. The largest absolute Gasteiger partial charge is 0.454 e. The third-order valence-electron chi connectivity index (χ3n) is 2.45. The molecule has 0 atom stereocenters. The molecule has 0 heterocycles. The number of hydrogen-bond acceptors (Lipinski definition) is 4. The first-order chi connectivity index (χ1) is 9.29. The van der Waals surface area contributed by atoms with E-state index in [-0.39, 0.29) is 16.3 Å². The van der Waals surface area contributed by atoms with Crippen molar-refractivity contribution in [1.82, 2.24) is 0 Å². The van der Waals surface area contributed by atoms with Gasteiger partial charge in [-0.15, -0.1) is 0 Å². The smallest absolute Gasteiger partial charge is 0.240 e. The lowest BCUT2D eigenvalue weighted by Gasteiger charge is -2.12. The topological polar surface area (TPSA) is 95.4 Å². The minimum atomic E-state index is -3.89. The van der Waals surface area contributed by atoms with Crippen LogP contribution in [-0.2, 0) is 10.0 Å². The van der Waals surface area contributed by atoms with Gasteiger partial charge in [-0.2, -0.15) is 0 Å². The fourth-order valence-electron chi connectivity index (χ4n) is 1.54. The van der Waals surface area contributed by atoms with Crippen LogP contribution >= 0.6 is 31.9 Å². The summed E-state index contributed by atoms with van der Waals surface area (Å²) in [6.07, 6.45) is 0. The molecule has 2 aromatic rings. The van der Waals surface area contributed by atoms with E-state index in [0.29, 0.717) is 10.2 Å². The lowest BCUT2D eigenvalue weighted by molar-refractivity contribution is 0.480.